The highest BCUT2D eigenvalue weighted by Crippen LogP contribution is 2.21. The number of hydrogen-bond donors (Lipinski definition) is 3. The Hall–Kier alpha value is -1.59. The Morgan fingerprint density at radius 1 is 1.30 bits per heavy atom. The van der Waals surface area contributed by atoms with Crippen LogP contribution in [0.25, 0.3) is 0 Å². The zero-order chi connectivity index (χ0) is 16.8. The third kappa shape index (κ3) is 5.22. The number of aryl methyl sites for hydroxylation is 2. The highest BCUT2D eigenvalue weighted by atomic mass is 16.5. The molecule has 1 aliphatic heterocycles. The van der Waals surface area contributed by atoms with Crippen LogP contribution in [0.5, 0.6) is 5.75 Å². The van der Waals surface area contributed by atoms with Gasteiger partial charge in [0.1, 0.15) is 18.4 Å². The summed E-state index contributed by atoms with van der Waals surface area (Å²) < 4.78 is 5.80. The number of nitrogens with one attached hydrogen (secondary N) is 3. The first-order chi connectivity index (χ1) is 11.0. The lowest BCUT2D eigenvalue weighted by Gasteiger charge is -2.14. The Morgan fingerprint density at radius 3 is 2.65 bits per heavy atom. The number of rotatable bonds is 7. The summed E-state index contributed by atoms with van der Waals surface area (Å²) >= 11 is 0. The lowest BCUT2D eigenvalue weighted by Crippen LogP contribution is -2.44. The van der Waals surface area contributed by atoms with E-state index in [9.17, 15) is 4.79 Å². The van der Waals surface area contributed by atoms with Crippen molar-refractivity contribution in [2.45, 2.75) is 52.6 Å². The van der Waals surface area contributed by atoms with Gasteiger partial charge in [-0.15, -0.1) is 0 Å². The van der Waals surface area contributed by atoms with E-state index >= 15 is 0 Å². The van der Waals surface area contributed by atoms with Crippen molar-refractivity contribution in [3.05, 3.63) is 29.3 Å². The largest absolute Gasteiger partial charge is 0.491 e. The second kappa shape index (κ2) is 8.31. The summed E-state index contributed by atoms with van der Waals surface area (Å²) in [6.07, 6.45) is 1.91. The van der Waals surface area contributed by atoms with Crippen molar-refractivity contribution in [2.75, 3.05) is 13.2 Å². The van der Waals surface area contributed by atoms with E-state index in [1.165, 1.54) is 0 Å². The minimum Gasteiger partial charge on any atom is -0.491 e. The molecule has 23 heavy (non-hydrogen) atoms. The van der Waals surface area contributed by atoms with E-state index in [1.54, 1.807) is 0 Å². The van der Waals surface area contributed by atoms with Crippen molar-refractivity contribution >= 4 is 5.91 Å². The summed E-state index contributed by atoms with van der Waals surface area (Å²) in [5.74, 6) is 1.58. The van der Waals surface area contributed by atoms with E-state index in [2.05, 4.69) is 30.0 Å². The minimum absolute atomic E-state index is 0.0360. The van der Waals surface area contributed by atoms with E-state index in [0.29, 0.717) is 25.1 Å². The maximum absolute atomic E-state index is 12.2. The monoisotopic (exact) mass is 319 g/mol. The number of ether oxygens (including phenoxy) is 1. The Morgan fingerprint density at radius 2 is 2.00 bits per heavy atom. The second-order valence-corrected chi connectivity index (χ2v) is 6.76. The predicted molar refractivity (Wildman–Crippen MR) is 92.3 cm³/mol. The van der Waals surface area contributed by atoms with Gasteiger partial charge in [-0.2, -0.15) is 0 Å². The first-order valence-electron chi connectivity index (χ1n) is 8.45. The highest BCUT2D eigenvalue weighted by Gasteiger charge is 2.29. The number of para-hydroxylation sites is 1. The zero-order valence-electron chi connectivity index (χ0n) is 14.6. The molecule has 1 aromatic rings. The van der Waals surface area contributed by atoms with Gasteiger partial charge in [0.2, 0.25) is 5.91 Å². The molecule has 1 fully saturated rings. The van der Waals surface area contributed by atoms with Gasteiger partial charge < -0.3 is 10.1 Å². The first-order valence-corrected chi connectivity index (χ1v) is 8.45. The first kappa shape index (κ1) is 17.8. The van der Waals surface area contributed by atoms with E-state index in [-0.39, 0.29) is 11.9 Å². The average Bonchev–Trinajstić information content (AvgIpc) is 2.93. The molecular weight excluding hydrogens is 290 g/mol. The zero-order valence-corrected chi connectivity index (χ0v) is 14.6. The number of carbonyl (C=O) groups excluding carboxylic acids is 1. The molecule has 1 aromatic carbocycles. The van der Waals surface area contributed by atoms with Crippen LogP contribution in [0.3, 0.4) is 0 Å². The summed E-state index contributed by atoms with van der Waals surface area (Å²) in [5.41, 5.74) is 8.53. The van der Waals surface area contributed by atoms with Crippen LogP contribution in [0.2, 0.25) is 0 Å². The standard InChI is InChI=1S/C18H29N3O2/c1-12(2)10-15-11-16(21-20-15)18(22)19-8-9-23-17-13(3)6-5-7-14(17)4/h5-7,12,15-16,20-21H,8-11H2,1-4H3,(H,19,22). The fraction of sp³-hybridized carbons (Fsp3) is 0.611. The molecule has 5 nitrogen and oxygen atoms in total. The number of benzene rings is 1. The Bertz CT molecular complexity index is 511. The van der Waals surface area contributed by atoms with Gasteiger partial charge in [0.15, 0.2) is 0 Å². The number of amides is 1. The van der Waals surface area contributed by atoms with Crippen LogP contribution in [-0.2, 0) is 4.79 Å². The molecular formula is C18H29N3O2. The fourth-order valence-electron chi connectivity index (χ4n) is 2.99. The van der Waals surface area contributed by atoms with E-state index in [1.807, 2.05) is 32.0 Å². The predicted octanol–water partition coefficient (Wildman–Crippen LogP) is 2.08. The van der Waals surface area contributed by atoms with Crippen molar-refractivity contribution in [1.82, 2.24) is 16.2 Å². The molecule has 1 saturated heterocycles. The molecule has 2 unspecified atom stereocenters. The Kier molecular flexibility index (Phi) is 6.42. The van der Waals surface area contributed by atoms with Gasteiger partial charge in [-0.1, -0.05) is 32.0 Å². The van der Waals surface area contributed by atoms with Crippen LogP contribution in [0.1, 0.15) is 37.8 Å². The van der Waals surface area contributed by atoms with Crippen molar-refractivity contribution in [3.63, 3.8) is 0 Å². The molecule has 2 atom stereocenters. The minimum atomic E-state index is -0.154. The lowest BCUT2D eigenvalue weighted by atomic mass is 10.00. The Labute approximate surface area is 139 Å². The third-order valence-corrected chi connectivity index (χ3v) is 4.11. The van der Waals surface area contributed by atoms with Crippen molar-refractivity contribution < 1.29 is 9.53 Å². The van der Waals surface area contributed by atoms with Gasteiger partial charge in [-0.05, 0) is 43.7 Å². The topological polar surface area (TPSA) is 62.4 Å². The molecule has 3 N–H and O–H groups in total. The summed E-state index contributed by atoms with van der Waals surface area (Å²) in [7, 11) is 0. The maximum atomic E-state index is 12.2. The van der Waals surface area contributed by atoms with Crippen molar-refractivity contribution in [2.24, 2.45) is 5.92 Å². The number of hydrogen-bond acceptors (Lipinski definition) is 4. The molecule has 0 saturated carbocycles. The third-order valence-electron chi connectivity index (χ3n) is 4.11. The maximum Gasteiger partial charge on any atom is 0.238 e. The van der Waals surface area contributed by atoms with Gasteiger partial charge in [0, 0.05) is 6.04 Å². The number of carbonyl (C=O) groups is 1. The SMILES string of the molecule is Cc1cccc(C)c1OCCNC(=O)C1CC(CC(C)C)NN1. The molecule has 0 spiro atoms. The fourth-order valence-corrected chi connectivity index (χ4v) is 2.99. The summed E-state index contributed by atoms with van der Waals surface area (Å²) in [5, 5.41) is 2.94. The van der Waals surface area contributed by atoms with Gasteiger partial charge >= 0.3 is 0 Å². The molecule has 2 rings (SSSR count). The van der Waals surface area contributed by atoms with Crippen LogP contribution in [0.4, 0.5) is 0 Å². The second-order valence-electron chi connectivity index (χ2n) is 6.76. The van der Waals surface area contributed by atoms with E-state index < -0.39 is 0 Å². The van der Waals surface area contributed by atoms with Crippen LogP contribution >= 0.6 is 0 Å². The summed E-state index contributed by atoms with van der Waals surface area (Å²) in [4.78, 5) is 12.2. The Balaban J connectivity index is 1.69. The molecule has 0 radical (unpaired) electrons. The van der Waals surface area contributed by atoms with Gasteiger partial charge in [-0.3, -0.25) is 10.2 Å². The van der Waals surface area contributed by atoms with Crippen molar-refractivity contribution in [3.8, 4) is 5.75 Å². The molecule has 0 aromatic heterocycles. The quantitative estimate of drug-likeness (QED) is 0.673. The molecule has 1 amide bonds. The normalized spacial score (nSPS) is 20.7. The van der Waals surface area contributed by atoms with Gasteiger partial charge in [-0.25, -0.2) is 5.43 Å². The van der Waals surface area contributed by atoms with E-state index in [0.717, 1.165) is 29.7 Å². The molecule has 128 valence electrons. The smallest absolute Gasteiger partial charge is 0.238 e. The van der Waals surface area contributed by atoms with E-state index in [4.69, 9.17) is 4.74 Å². The highest BCUT2D eigenvalue weighted by molar-refractivity contribution is 5.82. The number of hydrazine groups is 1. The van der Waals surface area contributed by atoms with Gasteiger partial charge in [0.25, 0.3) is 0 Å². The van der Waals surface area contributed by atoms with Crippen molar-refractivity contribution in [1.29, 1.82) is 0 Å². The molecule has 1 heterocycles. The van der Waals surface area contributed by atoms with Crippen LogP contribution in [-0.4, -0.2) is 31.1 Å². The van der Waals surface area contributed by atoms with Crippen LogP contribution in [0.15, 0.2) is 18.2 Å². The molecule has 1 aliphatic rings. The molecule has 0 bridgehead atoms. The van der Waals surface area contributed by atoms with Crippen LogP contribution < -0.4 is 20.9 Å². The molecule has 0 aliphatic carbocycles. The summed E-state index contributed by atoms with van der Waals surface area (Å²) in [6.45, 7) is 9.44. The van der Waals surface area contributed by atoms with Crippen LogP contribution in [0, 0.1) is 19.8 Å². The van der Waals surface area contributed by atoms with Gasteiger partial charge in [0.05, 0.1) is 6.54 Å². The molecule has 5 heteroatoms. The lowest BCUT2D eigenvalue weighted by molar-refractivity contribution is -0.123. The summed E-state index contributed by atoms with van der Waals surface area (Å²) in [6, 6.07) is 6.30. The average molecular weight is 319 g/mol.